The summed E-state index contributed by atoms with van der Waals surface area (Å²) in [7, 11) is 0. The minimum atomic E-state index is -2.98. The predicted molar refractivity (Wildman–Crippen MR) is 89.9 cm³/mol. The summed E-state index contributed by atoms with van der Waals surface area (Å²) in [6.45, 7) is -2.98. The monoisotopic (exact) mass is 363 g/mol. The SMILES string of the molecule is O=C(Nc1cccc2ccc(OC(F)F)cc12)c1ccccc1C(F)F. The lowest BCUT2D eigenvalue weighted by atomic mass is 10.1. The summed E-state index contributed by atoms with van der Waals surface area (Å²) < 4.78 is 55.4. The van der Waals surface area contributed by atoms with Crippen molar-refractivity contribution in [3.05, 3.63) is 71.8 Å². The second-order valence-corrected chi connectivity index (χ2v) is 5.41. The van der Waals surface area contributed by atoms with Gasteiger partial charge in [0.1, 0.15) is 5.75 Å². The lowest BCUT2D eigenvalue weighted by Gasteiger charge is -2.12. The number of hydrogen-bond donors (Lipinski definition) is 1. The Morgan fingerprint density at radius 3 is 2.42 bits per heavy atom. The highest BCUT2D eigenvalue weighted by molar-refractivity contribution is 6.10. The highest BCUT2D eigenvalue weighted by atomic mass is 19.3. The van der Waals surface area contributed by atoms with Crippen molar-refractivity contribution in [3.63, 3.8) is 0 Å². The van der Waals surface area contributed by atoms with Crippen molar-refractivity contribution in [2.24, 2.45) is 0 Å². The molecule has 3 rings (SSSR count). The first-order chi connectivity index (χ1) is 12.5. The van der Waals surface area contributed by atoms with Crippen LogP contribution < -0.4 is 10.1 Å². The van der Waals surface area contributed by atoms with E-state index in [4.69, 9.17) is 0 Å². The second-order valence-electron chi connectivity index (χ2n) is 5.41. The standard InChI is InChI=1S/C19H13F4NO2/c20-17(21)13-5-1-2-6-14(13)18(25)24-16-7-3-4-11-8-9-12(10-15(11)16)26-19(22)23/h1-10,17,19H,(H,24,25). The van der Waals surface area contributed by atoms with Crippen LogP contribution in [0.15, 0.2) is 60.7 Å². The van der Waals surface area contributed by atoms with Crippen LogP contribution in [0.2, 0.25) is 0 Å². The number of hydrogen-bond acceptors (Lipinski definition) is 2. The van der Waals surface area contributed by atoms with E-state index in [1.165, 1.54) is 36.4 Å². The number of anilines is 1. The molecule has 0 aliphatic carbocycles. The molecule has 3 aromatic carbocycles. The molecule has 0 saturated carbocycles. The number of rotatable bonds is 5. The fourth-order valence-electron chi connectivity index (χ4n) is 2.62. The zero-order valence-electron chi connectivity index (χ0n) is 13.3. The summed E-state index contributed by atoms with van der Waals surface area (Å²) in [6, 6.07) is 14.6. The number of carbonyl (C=O) groups is 1. The third-order valence-corrected chi connectivity index (χ3v) is 3.77. The number of amides is 1. The third kappa shape index (κ3) is 3.77. The van der Waals surface area contributed by atoms with Crippen molar-refractivity contribution in [3.8, 4) is 5.75 Å². The summed E-state index contributed by atoms with van der Waals surface area (Å²) in [5, 5.41) is 3.69. The van der Waals surface area contributed by atoms with E-state index in [9.17, 15) is 22.4 Å². The van der Waals surface area contributed by atoms with Gasteiger partial charge >= 0.3 is 6.61 Å². The van der Waals surface area contributed by atoms with E-state index in [1.807, 2.05) is 0 Å². The lowest BCUT2D eigenvalue weighted by Crippen LogP contribution is -2.14. The van der Waals surface area contributed by atoms with E-state index >= 15 is 0 Å². The van der Waals surface area contributed by atoms with Crippen molar-refractivity contribution in [2.75, 3.05) is 5.32 Å². The highest BCUT2D eigenvalue weighted by Gasteiger charge is 2.18. The molecule has 0 aromatic heterocycles. The normalized spacial score (nSPS) is 11.2. The second kappa shape index (κ2) is 7.43. The van der Waals surface area contributed by atoms with Gasteiger partial charge in [-0.1, -0.05) is 36.4 Å². The summed E-state index contributed by atoms with van der Waals surface area (Å²) in [5.74, 6) is -0.782. The maximum Gasteiger partial charge on any atom is 0.387 e. The maximum atomic E-state index is 13.1. The van der Waals surface area contributed by atoms with Crippen LogP contribution in [-0.4, -0.2) is 12.5 Å². The third-order valence-electron chi connectivity index (χ3n) is 3.77. The quantitative estimate of drug-likeness (QED) is 0.597. The molecular formula is C19H13F4NO2. The first kappa shape index (κ1) is 17.7. The number of fused-ring (bicyclic) bond motifs is 1. The predicted octanol–water partition coefficient (Wildman–Crippen LogP) is 5.63. The highest BCUT2D eigenvalue weighted by Crippen LogP contribution is 2.29. The molecule has 0 unspecified atom stereocenters. The van der Waals surface area contributed by atoms with Crippen molar-refractivity contribution in [1.29, 1.82) is 0 Å². The number of benzene rings is 3. The smallest absolute Gasteiger partial charge is 0.387 e. The van der Waals surface area contributed by atoms with Crippen LogP contribution >= 0.6 is 0 Å². The van der Waals surface area contributed by atoms with Gasteiger partial charge in [-0.3, -0.25) is 4.79 Å². The van der Waals surface area contributed by atoms with E-state index in [1.54, 1.807) is 24.3 Å². The Kier molecular flexibility index (Phi) is 5.06. The Labute approximate surface area is 146 Å². The van der Waals surface area contributed by atoms with Gasteiger partial charge in [0, 0.05) is 22.2 Å². The van der Waals surface area contributed by atoms with Crippen LogP contribution in [0.5, 0.6) is 5.75 Å². The summed E-state index contributed by atoms with van der Waals surface area (Å²) >= 11 is 0. The first-order valence-corrected chi connectivity index (χ1v) is 7.61. The van der Waals surface area contributed by atoms with Crippen LogP contribution in [0, 0.1) is 0 Å². The molecule has 7 heteroatoms. The Morgan fingerprint density at radius 2 is 1.69 bits per heavy atom. The van der Waals surface area contributed by atoms with Crippen LogP contribution in [0.3, 0.4) is 0 Å². The first-order valence-electron chi connectivity index (χ1n) is 7.61. The zero-order valence-corrected chi connectivity index (χ0v) is 13.3. The molecule has 0 radical (unpaired) electrons. The molecular weight excluding hydrogens is 350 g/mol. The molecule has 0 heterocycles. The summed E-state index contributed by atoms with van der Waals surface area (Å²) in [6.07, 6.45) is -2.80. The van der Waals surface area contributed by atoms with Gasteiger partial charge in [-0.25, -0.2) is 8.78 Å². The van der Waals surface area contributed by atoms with Gasteiger partial charge in [-0.2, -0.15) is 8.78 Å². The lowest BCUT2D eigenvalue weighted by molar-refractivity contribution is -0.0497. The van der Waals surface area contributed by atoms with E-state index < -0.39 is 18.9 Å². The van der Waals surface area contributed by atoms with E-state index in [0.29, 0.717) is 16.5 Å². The van der Waals surface area contributed by atoms with Crippen LogP contribution in [-0.2, 0) is 0 Å². The van der Waals surface area contributed by atoms with Crippen LogP contribution in [0.25, 0.3) is 10.8 Å². The molecule has 1 N–H and O–H groups in total. The van der Waals surface area contributed by atoms with Gasteiger partial charge < -0.3 is 10.1 Å². The minimum Gasteiger partial charge on any atom is -0.435 e. The molecule has 0 saturated heterocycles. The van der Waals surface area contributed by atoms with E-state index in [-0.39, 0.29) is 16.9 Å². The summed E-state index contributed by atoms with van der Waals surface area (Å²) in [4.78, 5) is 12.5. The Hall–Kier alpha value is -3.09. The molecule has 0 bridgehead atoms. The van der Waals surface area contributed by atoms with Gasteiger partial charge in [-0.05, 0) is 29.7 Å². The molecule has 3 aromatic rings. The topological polar surface area (TPSA) is 38.3 Å². The number of carbonyl (C=O) groups excluding carboxylic acids is 1. The molecule has 0 aliphatic heterocycles. The van der Waals surface area contributed by atoms with Gasteiger partial charge in [0.15, 0.2) is 0 Å². The van der Waals surface area contributed by atoms with E-state index in [0.717, 1.165) is 0 Å². The molecule has 0 atom stereocenters. The Bertz CT molecular complexity index is 944. The van der Waals surface area contributed by atoms with E-state index in [2.05, 4.69) is 10.1 Å². The van der Waals surface area contributed by atoms with Crippen molar-refractivity contribution < 1.29 is 27.1 Å². The summed E-state index contributed by atoms with van der Waals surface area (Å²) in [5.41, 5.74) is -0.234. The van der Waals surface area contributed by atoms with Crippen molar-refractivity contribution >= 4 is 22.4 Å². The molecule has 3 nitrogen and oxygen atoms in total. The molecule has 0 aliphatic rings. The zero-order chi connectivity index (χ0) is 18.7. The average Bonchev–Trinajstić information content (AvgIpc) is 2.61. The van der Waals surface area contributed by atoms with Crippen LogP contribution in [0.1, 0.15) is 22.3 Å². The van der Waals surface area contributed by atoms with Gasteiger partial charge in [0.05, 0.1) is 0 Å². The van der Waals surface area contributed by atoms with Crippen molar-refractivity contribution in [1.82, 2.24) is 0 Å². The van der Waals surface area contributed by atoms with Gasteiger partial charge in [0.25, 0.3) is 12.3 Å². The van der Waals surface area contributed by atoms with Crippen LogP contribution in [0.4, 0.5) is 23.2 Å². The average molecular weight is 363 g/mol. The maximum absolute atomic E-state index is 13.1. The Morgan fingerprint density at radius 1 is 0.923 bits per heavy atom. The Balaban J connectivity index is 1.97. The number of alkyl halides is 4. The molecule has 0 fully saturated rings. The fourth-order valence-corrected chi connectivity index (χ4v) is 2.62. The van der Waals surface area contributed by atoms with Gasteiger partial charge in [0.2, 0.25) is 0 Å². The molecule has 134 valence electrons. The number of halogens is 4. The van der Waals surface area contributed by atoms with Gasteiger partial charge in [-0.15, -0.1) is 0 Å². The molecule has 1 amide bonds. The minimum absolute atomic E-state index is 0.0674. The number of nitrogens with one attached hydrogen (secondary N) is 1. The fraction of sp³-hybridized carbons (Fsp3) is 0.105. The molecule has 26 heavy (non-hydrogen) atoms. The molecule has 0 spiro atoms. The number of ether oxygens (including phenoxy) is 1. The van der Waals surface area contributed by atoms with Crippen molar-refractivity contribution in [2.45, 2.75) is 13.0 Å². The largest absolute Gasteiger partial charge is 0.435 e.